The van der Waals surface area contributed by atoms with Gasteiger partial charge in [0.15, 0.2) is 0 Å². The van der Waals surface area contributed by atoms with Crippen LogP contribution in [0.15, 0.2) is 18.3 Å². The minimum Gasteiger partial charge on any atom is -0.397 e. The van der Waals surface area contributed by atoms with Crippen molar-refractivity contribution in [3.8, 4) is 0 Å². The minimum atomic E-state index is -0.100. The van der Waals surface area contributed by atoms with E-state index in [0.717, 1.165) is 29.2 Å². The number of hydrogen-bond acceptors (Lipinski definition) is 5. The molecule has 1 aliphatic carbocycles. The molecule has 2 aromatic heterocycles. The average Bonchev–Trinajstić information content (AvgIpc) is 3.22. The van der Waals surface area contributed by atoms with Crippen molar-refractivity contribution in [1.82, 2.24) is 15.6 Å². The van der Waals surface area contributed by atoms with Crippen LogP contribution in [0.1, 0.15) is 28.9 Å². The fraction of sp³-hybridized carbons (Fsp3) is 0.429. The summed E-state index contributed by atoms with van der Waals surface area (Å²) < 4.78 is 0. The van der Waals surface area contributed by atoms with Crippen molar-refractivity contribution in [2.45, 2.75) is 25.3 Å². The molecule has 1 fully saturated rings. The van der Waals surface area contributed by atoms with Crippen LogP contribution in [-0.2, 0) is 0 Å². The molecule has 0 aliphatic heterocycles. The topological polar surface area (TPSA) is 80.0 Å². The lowest BCUT2D eigenvalue weighted by Crippen LogP contribution is -2.27. The van der Waals surface area contributed by atoms with Gasteiger partial charge in [0.05, 0.1) is 5.69 Å². The summed E-state index contributed by atoms with van der Waals surface area (Å²) in [6.07, 6.45) is 5.23. The van der Waals surface area contributed by atoms with Gasteiger partial charge in [0.2, 0.25) is 0 Å². The number of pyridine rings is 1. The lowest BCUT2D eigenvalue weighted by molar-refractivity contribution is 0.0958. The summed E-state index contributed by atoms with van der Waals surface area (Å²) >= 11 is 1.35. The van der Waals surface area contributed by atoms with E-state index in [-0.39, 0.29) is 5.91 Å². The Kier molecular flexibility index (Phi) is 3.84. The summed E-state index contributed by atoms with van der Waals surface area (Å²) in [4.78, 5) is 17.7. The van der Waals surface area contributed by atoms with Gasteiger partial charge in [-0.3, -0.25) is 4.79 Å². The van der Waals surface area contributed by atoms with Gasteiger partial charge in [0.1, 0.15) is 9.71 Å². The number of carbonyl (C=O) groups excluding carboxylic acids is 1. The number of rotatable bonds is 6. The van der Waals surface area contributed by atoms with Crippen LogP contribution in [-0.4, -0.2) is 30.0 Å². The highest BCUT2D eigenvalue weighted by atomic mass is 32.1. The van der Waals surface area contributed by atoms with Crippen molar-refractivity contribution in [1.29, 1.82) is 0 Å². The summed E-state index contributed by atoms with van der Waals surface area (Å²) in [7, 11) is 0. The molecule has 1 aliphatic rings. The Hall–Kier alpha value is -1.66. The van der Waals surface area contributed by atoms with Crippen LogP contribution < -0.4 is 16.4 Å². The molecule has 4 N–H and O–H groups in total. The third kappa shape index (κ3) is 2.91. The van der Waals surface area contributed by atoms with Crippen LogP contribution in [0.3, 0.4) is 0 Å². The van der Waals surface area contributed by atoms with E-state index in [1.54, 1.807) is 6.20 Å². The molecule has 1 amide bonds. The molecule has 0 aromatic carbocycles. The van der Waals surface area contributed by atoms with E-state index in [0.29, 0.717) is 17.1 Å². The first-order chi connectivity index (χ1) is 9.75. The van der Waals surface area contributed by atoms with Crippen LogP contribution in [0.2, 0.25) is 0 Å². The number of nitrogens with zero attached hydrogens (tertiary/aromatic N) is 1. The van der Waals surface area contributed by atoms with Crippen LogP contribution >= 0.6 is 11.3 Å². The maximum Gasteiger partial charge on any atom is 0.263 e. The summed E-state index contributed by atoms with van der Waals surface area (Å²) in [5, 5.41) is 7.20. The lowest BCUT2D eigenvalue weighted by Gasteiger charge is -2.05. The zero-order valence-corrected chi connectivity index (χ0v) is 12.0. The summed E-state index contributed by atoms with van der Waals surface area (Å²) in [5.74, 6) is -0.100. The summed E-state index contributed by atoms with van der Waals surface area (Å²) in [5.41, 5.74) is 6.55. The highest BCUT2D eigenvalue weighted by Crippen LogP contribution is 2.31. The van der Waals surface area contributed by atoms with E-state index in [1.807, 2.05) is 12.1 Å². The average molecular weight is 290 g/mol. The number of nitrogens with two attached hydrogens (primary N) is 1. The third-order valence-corrected chi connectivity index (χ3v) is 4.49. The van der Waals surface area contributed by atoms with Crippen molar-refractivity contribution < 1.29 is 4.79 Å². The quantitative estimate of drug-likeness (QED) is 0.708. The van der Waals surface area contributed by atoms with Gasteiger partial charge in [-0.25, -0.2) is 4.98 Å². The first-order valence-electron chi connectivity index (χ1n) is 6.90. The molecule has 0 radical (unpaired) electrons. The third-order valence-electron chi connectivity index (χ3n) is 3.36. The van der Waals surface area contributed by atoms with Gasteiger partial charge in [-0.05, 0) is 37.9 Å². The predicted octanol–water partition coefficient (Wildman–Crippen LogP) is 1.75. The molecule has 20 heavy (non-hydrogen) atoms. The Balaban J connectivity index is 1.56. The van der Waals surface area contributed by atoms with Gasteiger partial charge >= 0.3 is 0 Å². The number of carbonyl (C=O) groups is 1. The second-order valence-corrected chi connectivity index (χ2v) is 6.04. The second kappa shape index (κ2) is 5.76. The maximum absolute atomic E-state index is 12.1. The molecule has 2 aromatic rings. The van der Waals surface area contributed by atoms with Gasteiger partial charge in [-0.2, -0.15) is 0 Å². The zero-order chi connectivity index (χ0) is 13.9. The molecule has 0 bridgehead atoms. The molecule has 3 rings (SSSR count). The molecule has 2 heterocycles. The van der Waals surface area contributed by atoms with E-state index < -0.39 is 0 Å². The van der Waals surface area contributed by atoms with E-state index in [4.69, 9.17) is 5.73 Å². The molecule has 0 spiro atoms. The van der Waals surface area contributed by atoms with Gasteiger partial charge < -0.3 is 16.4 Å². The lowest BCUT2D eigenvalue weighted by atomic mass is 10.2. The van der Waals surface area contributed by atoms with Crippen molar-refractivity contribution in [3.63, 3.8) is 0 Å². The number of anilines is 1. The fourth-order valence-corrected chi connectivity index (χ4v) is 3.06. The first-order valence-corrected chi connectivity index (χ1v) is 7.72. The monoisotopic (exact) mass is 290 g/mol. The fourth-order valence-electron chi connectivity index (χ4n) is 2.08. The Morgan fingerprint density at radius 1 is 1.45 bits per heavy atom. The van der Waals surface area contributed by atoms with Crippen molar-refractivity contribution in [2.24, 2.45) is 0 Å². The van der Waals surface area contributed by atoms with E-state index in [9.17, 15) is 4.79 Å². The Bertz CT molecular complexity index is 621. The SMILES string of the molecule is Nc1c(C(=O)NCCCNC2CC2)sc2ncccc12. The van der Waals surface area contributed by atoms with E-state index in [1.165, 1.54) is 24.2 Å². The highest BCUT2D eigenvalue weighted by molar-refractivity contribution is 7.21. The minimum absolute atomic E-state index is 0.100. The van der Waals surface area contributed by atoms with Crippen molar-refractivity contribution in [2.75, 3.05) is 18.8 Å². The zero-order valence-electron chi connectivity index (χ0n) is 11.2. The Morgan fingerprint density at radius 3 is 3.05 bits per heavy atom. The summed E-state index contributed by atoms with van der Waals surface area (Å²) in [6, 6.07) is 4.44. The normalized spacial score (nSPS) is 14.6. The maximum atomic E-state index is 12.1. The number of aromatic nitrogens is 1. The van der Waals surface area contributed by atoms with Gasteiger partial charge in [0.25, 0.3) is 5.91 Å². The molecule has 6 heteroatoms. The number of nitrogens with one attached hydrogen (secondary N) is 2. The molecule has 0 atom stereocenters. The second-order valence-electron chi connectivity index (χ2n) is 5.04. The molecule has 0 saturated heterocycles. The molecular formula is C14H18N4OS. The highest BCUT2D eigenvalue weighted by Gasteiger charge is 2.19. The predicted molar refractivity (Wildman–Crippen MR) is 82.0 cm³/mol. The number of amides is 1. The number of hydrogen-bond donors (Lipinski definition) is 3. The van der Waals surface area contributed by atoms with Gasteiger partial charge in [-0.15, -0.1) is 11.3 Å². The number of thiophene rings is 1. The largest absolute Gasteiger partial charge is 0.397 e. The van der Waals surface area contributed by atoms with Gasteiger partial charge in [-0.1, -0.05) is 0 Å². The van der Waals surface area contributed by atoms with E-state index in [2.05, 4.69) is 15.6 Å². The van der Waals surface area contributed by atoms with Crippen molar-refractivity contribution >= 4 is 33.1 Å². The number of nitrogen functional groups attached to an aromatic ring is 1. The molecule has 106 valence electrons. The molecule has 0 unspecified atom stereocenters. The molecule has 5 nitrogen and oxygen atoms in total. The van der Waals surface area contributed by atoms with Gasteiger partial charge in [0, 0.05) is 24.2 Å². The first kappa shape index (κ1) is 13.3. The van der Waals surface area contributed by atoms with Crippen molar-refractivity contribution in [3.05, 3.63) is 23.2 Å². The Labute approximate surface area is 121 Å². The Morgan fingerprint density at radius 2 is 2.30 bits per heavy atom. The van der Waals surface area contributed by atoms with Crippen LogP contribution in [0.5, 0.6) is 0 Å². The molecular weight excluding hydrogens is 272 g/mol. The van der Waals surface area contributed by atoms with E-state index >= 15 is 0 Å². The van der Waals surface area contributed by atoms with Crippen LogP contribution in [0.4, 0.5) is 5.69 Å². The smallest absolute Gasteiger partial charge is 0.263 e. The number of fused-ring (bicyclic) bond motifs is 1. The molecule has 1 saturated carbocycles. The summed E-state index contributed by atoms with van der Waals surface area (Å²) in [6.45, 7) is 1.62. The van der Waals surface area contributed by atoms with Crippen LogP contribution in [0, 0.1) is 0 Å². The van der Waals surface area contributed by atoms with Crippen LogP contribution in [0.25, 0.3) is 10.2 Å². The standard InChI is InChI=1S/C14H18N4OS/c15-11-10-3-1-6-18-14(10)20-12(11)13(19)17-8-2-7-16-9-4-5-9/h1,3,6,9,16H,2,4-5,7-8,15H2,(H,17,19).